The number of nitrogens with zero attached hydrogens (tertiary/aromatic N) is 3. The monoisotopic (exact) mass is 259 g/mol. The number of halogens is 1. The molecular formula is C11H18ClN3O2. The third kappa shape index (κ3) is 2.98. The van der Waals surface area contributed by atoms with E-state index in [1.54, 1.807) is 23.6 Å². The lowest BCUT2D eigenvalue weighted by Crippen LogP contribution is -2.35. The highest BCUT2D eigenvalue weighted by Crippen LogP contribution is 2.22. The quantitative estimate of drug-likeness (QED) is 0.872. The van der Waals surface area contributed by atoms with E-state index in [1.165, 1.54) is 0 Å². The first-order chi connectivity index (χ1) is 7.88. The number of carboxylic acids is 1. The SMILES string of the molecule is CCc1nn(C)c(CN(C)C(C)C(=O)O)c1Cl. The zero-order chi connectivity index (χ0) is 13.2. The average Bonchev–Trinajstić information content (AvgIpc) is 2.55. The van der Waals surface area contributed by atoms with Crippen molar-refractivity contribution < 1.29 is 9.90 Å². The van der Waals surface area contributed by atoms with Crippen molar-refractivity contribution in [2.24, 2.45) is 7.05 Å². The Morgan fingerprint density at radius 2 is 2.24 bits per heavy atom. The first-order valence-electron chi connectivity index (χ1n) is 5.51. The summed E-state index contributed by atoms with van der Waals surface area (Å²) in [7, 11) is 3.58. The highest BCUT2D eigenvalue weighted by atomic mass is 35.5. The Labute approximate surface area is 106 Å². The number of likely N-dealkylation sites (N-methyl/N-ethyl adjacent to an activating group) is 1. The van der Waals surface area contributed by atoms with E-state index in [0.717, 1.165) is 17.8 Å². The molecule has 0 fully saturated rings. The standard InChI is InChI=1S/C11H18ClN3O2/c1-5-8-10(12)9(15(4)13-8)6-14(3)7(2)11(16)17/h7H,5-6H2,1-4H3,(H,16,17). The van der Waals surface area contributed by atoms with Crippen LogP contribution in [0, 0.1) is 0 Å². The fraction of sp³-hybridized carbons (Fsp3) is 0.636. The molecule has 0 aliphatic rings. The smallest absolute Gasteiger partial charge is 0.320 e. The number of aliphatic carboxylic acids is 1. The molecule has 1 unspecified atom stereocenters. The van der Waals surface area contributed by atoms with Gasteiger partial charge in [0.05, 0.1) is 16.4 Å². The molecule has 0 saturated heterocycles. The van der Waals surface area contributed by atoms with Crippen molar-refractivity contribution in [1.29, 1.82) is 0 Å². The van der Waals surface area contributed by atoms with Gasteiger partial charge < -0.3 is 5.11 Å². The maximum Gasteiger partial charge on any atom is 0.320 e. The van der Waals surface area contributed by atoms with E-state index >= 15 is 0 Å². The van der Waals surface area contributed by atoms with Crippen molar-refractivity contribution in [3.63, 3.8) is 0 Å². The Morgan fingerprint density at radius 1 is 1.65 bits per heavy atom. The lowest BCUT2D eigenvalue weighted by molar-refractivity contribution is -0.142. The molecule has 96 valence electrons. The average molecular weight is 260 g/mol. The zero-order valence-corrected chi connectivity index (χ0v) is 11.3. The third-order valence-electron chi connectivity index (χ3n) is 2.92. The van der Waals surface area contributed by atoms with Gasteiger partial charge >= 0.3 is 5.97 Å². The van der Waals surface area contributed by atoms with Crippen LogP contribution in [0.4, 0.5) is 0 Å². The fourth-order valence-corrected chi connectivity index (χ4v) is 1.91. The van der Waals surface area contributed by atoms with Crippen molar-refractivity contribution in [2.75, 3.05) is 7.05 Å². The molecule has 17 heavy (non-hydrogen) atoms. The Hall–Kier alpha value is -1.07. The lowest BCUT2D eigenvalue weighted by atomic mass is 10.2. The highest BCUT2D eigenvalue weighted by Gasteiger charge is 2.20. The predicted molar refractivity (Wildman–Crippen MR) is 66.2 cm³/mol. The number of hydrogen-bond donors (Lipinski definition) is 1. The van der Waals surface area contributed by atoms with E-state index < -0.39 is 12.0 Å². The maximum atomic E-state index is 10.9. The summed E-state index contributed by atoms with van der Waals surface area (Å²) in [4.78, 5) is 12.6. The predicted octanol–water partition coefficient (Wildman–Crippen LogP) is 1.54. The summed E-state index contributed by atoms with van der Waals surface area (Å²) in [5.41, 5.74) is 1.69. The van der Waals surface area contributed by atoms with Crippen LogP contribution in [0.3, 0.4) is 0 Å². The fourth-order valence-electron chi connectivity index (χ4n) is 1.55. The van der Waals surface area contributed by atoms with Gasteiger partial charge in [-0.1, -0.05) is 18.5 Å². The number of hydrogen-bond acceptors (Lipinski definition) is 3. The van der Waals surface area contributed by atoms with E-state index in [0.29, 0.717) is 11.6 Å². The first-order valence-corrected chi connectivity index (χ1v) is 5.89. The van der Waals surface area contributed by atoms with Gasteiger partial charge in [-0.15, -0.1) is 0 Å². The van der Waals surface area contributed by atoms with Gasteiger partial charge in [0, 0.05) is 13.6 Å². The molecule has 0 saturated carbocycles. The van der Waals surface area contributed by atoms with Gasteiger partial charge in [0.2, 0.25) is 0 Å². The first kappa shape index (κ1) is 14.0. The number of aromatic nitrogens is 2. The van der Waals surface area contributed by atoms with E-state index in [4.69, 9.17) is 16.7 Å². The largest absolute Gasteiger partial charge is 0.480 e. The van der Waals surface area contributed by atoms with Crippen LogP contribution in [-0.2, 0) is 24.8 Å². The second-order valence-electron chi connectivity index (χ2n) is 4.11. The normalized spacial score (nSPS) is 13.1. The Kier molecular flexibility index (Phi) is 4.54. The van der Waals surface area contributed by atoms with Gasteiger partial charge in [0.1, 0.15) is 6.04 Å². The Balaban J connectivity index is 2.88. The molecular weight excluding hydrogens is 242 g/mol. The summed E-state index contributed by atoms with van der Waals surface area (Å²) in [6, 6.07) is -0.550. The van der Waals surface area contributed by atoms with E-state index in [2.05, 4.69) is 5.10 Å². The van der Waals surface area contributed by atoms with Crippen LogP contribution in [-0.4, -0.2) is 38.8 Å². The van der Waals surface area contributed by atoms with E-state index in [1.807, 2.05) is 14.0 Å². The second-order valence-corrected chi connectivity index (χ2v) is 4.49. The summed E-state index contributed by atoms with van der Waals surface area (Å²) in [6.45, 7) is 4.10. The Morgan fingerprint density at radius 3 is 2.65 bits per heavy atom. The summed E-state index contributed by atoms with van der Waals surface area (Å²) in [6.07, 6.45) is 0.769. The highest BCUT2D eigenvalue weighted by molar-refractivity contribution is 6.31. The van der Waals surface area contributed by atoms with E-state index in [9.17, 15) is 4.79 Å². The number of carbonyl (C=O) groups is 1. The van der Waals surface area contributed by atoms with Crippen LogP contribution >= 0.6 is 11.6 Å². The van der Waals surface area contributed by atoms with Gasteiger partial charge in [0.15, 0.2) is 0 Å². The van der Waals surface area contributed by atoms with Gasteiger partial charge in [-0.3, -0.25) is 14.4 Å². The second kappa shape index (κ2) is 5.51. The number of aryl methyl sites for hydroxylation is 2. The number of rotatable bonds is 5. The molecule has 0 aromatic carbocycles. The molecule has 0 spiro atoms. The molecule has 6 heteroatoms. The molecule has 1 N–H and O–H groups in total. The third-order valence-corrected chi connectivity index (χ3v) is 3.36. The molecule has 1 atom stereocenters. The minimum Gasteiger partial charge on any atom is -0.480 e. The molecule has 0 radical (unpaired) electrons. The molecule has 0 amide bonds. The number of carboxylic acid groups (broad SMARTS) is 1. The molecule has 1 rings (SSSR count). The van der Waals surface area contributed by atoms with Gasteiger partial charge in [0.25, 0.3) is 0 Å². The van der Waals surface area contributed by atoms with Gasteiger partial charge in [-0.25, -0.2) is 0 Å². The summed E-state index contributed by atoms with van der Waals surface area (Å²) >= 11 is 6.20. The molecule has 0 bridgehead atoms. The van der Waals surface area contributed by atoms with Gasteiger partial charge in [-0.05, 0) is 20.4 Å². The zero-order valence-electron chi connectivity index (χ0n) is 10.6. The molecule has 1 aromatic rings. The Bertz CT molecular complexity index is 417. The van der Waals surface area contributed by atoms with Crippen LogP contribution in [0.2, 0.25) is 5.02 Å². The summed E-state index contributed by atoms with van der Waals surface area (Å²) in [5.74, 6) is -0.846. The molecule has 0 aliphatic carbocycles. The molecule has 0 aliphatic heterocycles. The topological polar surface area (TPSA) is 58.4 Å². The minimum atomic E-state index is -0.846. The van der Waals surface area contributed by atoms with Crippen LogP contribution in [0.25, 0.3) is 0 Å². The molecule has 1 heterocycles. The summed E-state index contributed by atoms with van der Waals surface area (Å²) < 4.78 is 1.71. The van der Waals surface area contributed by atoms with Crippen molar-refractivity contribution in [1.82, 2.24) is 14.7 Å². The van der Waals surface area contributed by atoms with Crippen LogP contribution in [0.15, 0.2) is 0 Å². The maximum absolute atomic E-state index is 10.9. The van der Waals surface area contributed by atoms with Crippen molar-refractivity contribution in [3.8, 4) is 0 Å². The molecule has 1 aromatic heterocycles. The van der Waals surface area contributed by atoms with Crippen LogP contribution in [0.1, 0.15) is 25.2 Å². The van der Waals surface area contributed by atoms with Crippen molar-refractivity contribution in [3.05, 3.63) is 16.4 Å². The summed E-state index contributed by atoms with van der Waals surface area (Å²) in [5, 5.41) is 13.9. The van der Waals surface area contributed by atoms with Crippen molar-refractivity contribution >= 4 is 17.6 Å². The molecule has 5 nitrogen and oxygen atoms in total. The van der Waals surface area contributed by atoms with Crippen LogP contribution in [0.5, 0.6) is 0 Å². The van der Waals surface area contributed by atoms with Crippen molar-refractivity contribution in [2.45, 2.75) is 32.9 Å². The minimum absolute atomic E-state index is 0.468. The van der Waals surface area contributed by atoms with Gasteiger partial charge in [-0.2, -0.15) is 5.10 Å². The van der Waals surface area contributed by atoms with Crippen LogP contribution < -0.4 is 0 Å². The van der Waals surface area contributed by atoms with E-state index in [-0.39, 0.29) is 0 Å². The lowest BCUT2D eigenvalue weighted by Gasteiger charge is -2.21.